The summed E-state index contributed by atoms with van der Waals surface area (Å²) in [5.41, 5.74) is -0.236. The highest BCUT2D eigenvalue weighted by atomic mass is 19.1. The Labute approximate surface area is 123 Å². The fraction of sp³-hybridized carbons (Fsp3) is 0.133. The maximum Gasteiger partial charge on any atom is 0.273 e. The molecule has 112 valence electrons. The molecule has 0 bridgehead atoms. The van der Waals surface area contributed by atoms with Crippen LogP contribution in [0.3, 0.4) is 0 Å². The summed E-state index contributed by atoms with van der Waals surface area (Å²) in [7, 11) is 0. The van der Waals surface area contributed by atoms with Crippen LogP contribution in [0, 0.1) is 11.6 Å². The van der Waals surface area contributed by atoms with Crippen molar-refractivity contribution in [2.24, 2.45) is 0 Å². The van der Waals surface area contributed by atoms with Crippen molar-refractivity contribution in [2.45, 2.75) is 6.04 Å². The Morgan fingerprint density at radius 2 is 2.09 bits per heavy atom. The number of ketones is 1. The Morgan fingerprint density at radius 1 is 1.32 bits per heavy atom. The van der Waals surface area contributed by atoms with Gasteiger partial charge in [0.2, 0.25) is 0 Å². The largest absolute Gasteiger partial charge is 0.490 e. The zero-order valence-corrected chi connectivity index (χ0v) is 11.2. The van der Waals surface area contributed by atoms with E-state index in [4.69, 9.17) is 4.74 Å². The quantitative estimate of drug-likeness (QED) is 0.917. The SMILES string of the molecule is O=C(NC1COc2ccccc2C1=O)c1ncc(F)cc1F. The molecule has 1 amide bonds. The maximum absolute atomic E-state index is 13.5. The Morgan fingerprint density at radius 3 is 2.86 bits per heavy atom. The fourth-order valence-electron chi connectivity index (χ4n) is 2.15. The lowest BCUT2D eigenvalue weighted by molar-refractivity contribution is 0.0790. The van der Waals surface area contributed by atoms with E-state index >= 15 is 0 Å². The van der Waals surface area contributed by atoms with Gasteiger partial charge in [0.05, 0.1) is 11.8 Å². The highest BCUT2D eigenvalue weighted by molar-refractivity contribution is 6.06. The summed E-state index contributed by atoms with van der Waals surface area (Å²) in [5, 5.41) is 2.35. The number of nitrogens with one attached hydrogen (secondary N) is 1. The van der Waals surface area contributed by atoms with Gasteiger partial charge in [0.15, 0.2) is 17.3 Å². The average molecular weight is 304 g/mol. The summed E-state index contributed by atoms with van der Waals surface area (Å²) in [6, 6.07) is 6.22. The number of benzene rings is 1. The number of pyridine rings is 1. The molecule has 7 heteroatoms. The summed E-state index contributed by atoms with van der Waals surface area (Å²) in [6.07, 6.45) is 0.729. The molecule has 1 aromatic carbocycles. The number of hydrogen-bond acceptors (Lipinski definition) is 4. The van der Waals surface area contributed by atoms with E-state index in [0.717, 1.165) is 6.20 Å². The molecule has 3 rings (SSSR count). The average Bonchev–Trinajstić information content (AvgIpc) is 2.50. The predicted octanol–water partition coefficient (Wildman–Crippen LogP) is 1.73. The van der Waals surface area contributed by atoms with Gasteiger partial charge in [-0.3, -0.25) is 9.59 Å². The van der Waals surface area contributed by atoms with Crippen LogP contribution in [0.4, 0.5) is 8.78 Å². The van der Waals surface area contributed by atoms with Crippen LogP contribution < -0.4 is 10.1 Å². The fourth-order valence-corrected chi connectivity index (χ4v) is 2.15. The van der Waals surface area contributed by atoms with Crippen LogP contribution in [0.2, 0.25) is 0 Å². The first kappa shape index (κ1) is 14.1. The topological polar surface area (TPSA) is 68.3 Å². The number of Topliss-reactive ketones (excluding diaryl/α,β-unsaturated/α-hetero) is 1. The number of aromatic nitrogens is 1. The molecular weight excluding hydrogens is 294 g/mol. The monoisotopic (exact) mass is 304 g/mol. The standard InChI is InChI=1S/C15H10F2N2O3/c16-8-5-10(17)13(18-6-8)15(21)19-11-7-22-12-4-2-1-3-9(12)14(11)20/h1-6,11H,7H2,(H,19,21). The third kappa shape index (κ3) is 2.52. The zero-order valence-electron chi connectivity index (χ0n) is 11.2. The molecule has 1 N–H and O–H groups in total. The number of hydrogen-bond donors (Lipinski definition) is 1. The molecule has 0 spiro atoms. The normalized spacial score (nSPS) is 16.6. The number of para-hydroxylation sites is 1. The van der Waals surface area contributed by atoms with Crippen molar-refractivity contribution in [1.29, 1.82) is 0 Å². The van der Waals surface area contributed by atoms with Crippen LogP contribution in [0.25, 0.3) is 0 Å². The molecule has 1 aromatic heterocycles. The molecule has 0 saturated carbocycles. The summed E-state index contributed by atoms with van der Waals surface area (Å²) >= 11 is 0. The molecule has 1 aliphatic heterocycles. The van der Waals surface area contributed by atoms with E-state index in [0.29, 0.717) is 17.4 Å². The van der Waals surface area contributed by atoms with Crippen molar-refractivity contribution in [3.63, 3.8) is 0 Å². The van der Waals surface area contributed by atoms with Crippen molar-refractivity contribution in [1.82, 2.24) is 10.3 Å². The van der Waals surface area contributed by atoms with Crippen LogP contribution in [0.1, 0.15) is 20.8 Å². The van der Waals surface area contributed by atoms with Crippen molar-refractivity contribution in [3.8, 4) is 5.75 Å². The number of carbonyl (C=O) groups is 2. The maximum atomic E-state index is 13.5. The number of ether oxygens (including phenoxy) is 1. The van der Waals surface area contributed by atoms with Gasteiger partial charge in [0.1, 0.15) is 24.2 Å². The van der Waals surface area contributed by atoms with Gasteiger partial charge >= 0.3 is 0 Å². The molecule has 1 unspecified atom stereocenters. The van der Waals surface area contributed by atoms with Crippen molar-refractivity contribution in [3.05, 3.63) is 59.4 Å². The van der Waals surface area contributed by atoms with Crippen LogP contribution in [-0.4, -0.2) is 29.3 Å². The van der Waals surface area contributed by atoms with Crippen molar-refractivity contribution < 1.29 is 23.1 Å². The summed E-state index contributed by atoms with van der Waals surface area (Å²) in [6.45, 7) is -0.0651. The minimum absolute atomic E-state index is 0.0651. The third-order valence-electron chi connectivity index (χ3n) is 3.20. The molecule has 22 heavy (non-hydrogen) atoms. The first-order chi connectivity index (χ1) is 10.6. The van der Waals surface area contributed by atoms with Gasteiger partial charge in [-0.1, -0.05) is 12.1 Å². The summed E-state index contributed by atoms with van der Waals surface area (Å²) in [4.78, 5) is 27.6. The molecule has 2 heterocycles. The van der Waals surface area contributed by atoms with E-state index in [2.05, 4.69) is 10.3 Å². The number of fused-ring (bicyclic) bond motifs is 1. The number of amides is 1. The molecule has 0 aliphatic carbocycles. The molecule has 0 saturated heterocycles. The van der Waals surface area contributed by atoms with Crippen molar-refractivity contribution in [2.75, 3.05) is 6.61 Å². The van der Waals surface area contributed by atoms with Gasteiger partial charge in [0, 0.05) is 6.07 Å². The highest BCUT2D eigenvalue weighted by Crippen LogP contribution is 2.24. The number of halogens is 2. The number of nitrogens with zero attached hydrogens (tertiary/aromatic N) is 1. The Kier molecular flexibility index (Phi) is 3.54. The zero-order chi connectivity index (χ0) is 15.7. The molecule has 1 aliphatic rings. The lowest BCUT2D eigenvalue weighted by atomic mass is 10.0. The molecule has 5 nitrogen and oxygen atoms in total. The van der Waals surface area contributed by atoms with Crippen LogP contribution in [-0.2, 0) is 0 Å². The molecule has 0 radical (unpaired) electrons. The van der Waals surface area contributed by atoms with Gasteiger partial charge in [0.25, 0.3) is 5.91 Å². The number of carbonyl (C=O) groups excluding carboxylic acids is 2. The van der Waals surface area contributed by atoms with Crippen LogP contribution >= 0.6 is 0 Å². The molecule has 0 fully saturated rings. The van der Waals surface area contributed by atoms with Gasteiger partial charge in [-0.25, -0.2) is 13.8 Å². The second-order valence-corrected chi connectivity index (χ2v) is 4.68. The first-order valence-corrected chi connectivity index (χ1v) is 6.44. The van der Waals surface area contributed by atoms with Gasteiger partial charge < -0.3 is 10.1 Å². The Bertz CT molecular complexity index is 764. The van der Waals surface area contributed by atoms with Gasteiger partial charge in [-0.05, 0) is 12.1 Å². The Balaban J connectivity index is 1.79. The Hall–Kier alpha value is -2.83. The minimum Gasteiger partial charge on any atom is -0.490 e. The van der Waals surface area contributed by atoms with Crippen molar-refractivity contribution >= 4 is 11.7 Å². The smallest absolute Gasteiger partial charge is 0.273 e. The molecule has 2 aromatic rings. The predicted molar refractivity (Wildman–Crippen MR) is 71.7 cm³/mol. The second-order valence-electron chi connectivity index (χ2n) is 4.68. The van der Waals surface area contributed by atoms with Gasteiger partial charge in [-0.15, -0.1) is 0 Å². The van der Waals surface area contributed by atoms with Gasteiger partial charge in [-0.2, -0.15) is 0 Å². The van der Waals surface area contributed by atoms with E-state index in [1.165, 1.54) is 0 Å². The molecular formula is C15H10F2N2O3. The molecule has 1 atom stereocenters. The lowest BCUT2D eigenvalue weighted by Crippen LogP contribution is -2.47. The highest BCUT2D eigenvalue weighted by Gasteiger charge is 2.30. The minimum atomic E-state index is -1.10. The summed E-state index contributed by atoms with van der Waals surface area (Å²) in [5.74, 6) is -2.79. The van der Waals surface area contributed by atoms with E-state index in [9.17, 15) is 18.4 Å². The van der Waals surface area contributed by atoms with E-state index in [1.54, 1.807) is 24.3 Å². The van der Waals surface area contributed by atoms with E-state index in [1.807, 2.05) is 0 Å². The number of rotatable bonds is 2. The second kappa shape index (κ2) is 5.51. The summed E-state index contributed by atoms with van der Waals surface area (Å²) < 4.78 is 31.7. The van der Waals surface area contributed by atoms with Crippen LogP contribution in [0.5, 0.6) is 5.75 Å². The third-order valence-corrected chi connectivity index (χ3v) is 3.20. The first-order valence-electron chi connectivity index (χ1n) is 6.44. The van der Waals surface area contributed by atoms with E-state index in [-0.39, 0.29) is 12.4 Å². The van der Waals surface area contributed by atoms with E-state index < -0.39 is 29.3 Å². The van der Waals surface area contributed by atoms with Crippen LogP contribution in [0.15, 0.2) is 36.5 Å². The lowest BCUT2D eigenvalue weighted by Gasteiger charge is -2.24.